The van der Waals surface area contributed by atoms with E-state index in [1.807, 2.05) is 49.4 Å². The molecule has 0 aliphatic rings. The molecular formula is C25H28N2O4. The zero-order valence-corrected chi connectivity index (χ0v) is 17.5. The minimum atomic E-state index is -0.895. The molecule has 3 aromatic rings. The first-order valence-electron chi connectivity index (χ1n) is 10.3. The van der Waals surface area contributed by atoms with Crippen molar-refractivity contribution in [3.63, 3.8) is 0 Å². The summed E-state index contributed by atoms with van der Waals surface area (Å²) in [6.07, 6.45) is -0.0865. The Labute approximate surface area is 182 Å². The molecule has 0 saturated heterocycles. The maximum atomic E-state index is 11.1. The van der Waals surface area contributed by atoms with Crippen LogP contribution < -0.4 is 15.8 Å². The van der Waals surface area contributed by atoms with Gasteiger partial charge in [-0.2, -0.15) is 0 Å². The summed E-state index contributed by atoms with van der Waals surface area (Å²) in [7, 11) is 0. The van der Waals surface area contributed by atoms with Crippen LogP contribution in [0.25, 0.3) is 11.1 Å². The molecule has 1 atom stereocenters. The Morgan fingerprint density at radius 3 is 2.61 bits per heavy atom. The van der Waals surface area contributed by atoms with Gasteiger partial charge in [0.2, 0.25) is 0 Å². The van der Waals surface area contributed by atoms with E-state index in [-0.39, 0.29) is 13.0 Å². The normalized spacial score (nSPS) is 11.7. The number of carbonyl (C=O) groups is 1. The van der Waals surface area contributed by atoms with Crippen LogP contribution in [0.15, 0.2) is 66.7 Å². The van der Waals surface area contributed by atoms with Gasteiger partial charge in [-0.25, -0.2) is 0 Å². The van der Waals surface area contributed by atoms with Crippen LogP contribution in [0, 0.1) is 0 Å². The highest BCUT2D eigenvalue weighted by atomic mass is 16.5. The number of nitrogens with two attached hydrogens (primary N) is 1. The summed E-state index contributed by atoms with van der Waals surface area (Å²) < 4.78 is 5.98. The summed E-state index contributed by atoms with van der Waals surface area (Å²) >= 11 is 0. The lowest BCUT2D eigenvalue weighted by atomic mass is 9.98. The second-order valence-electron chi connectivity index (χ2n) is 7.33. The third-order valence-electron chi connectivity index (χ3n) is 4.93. The Morgan fingerprint density at radius 1 is 1.06 bits per heavy atom. The molecule has 3 rings (SSSR count). The molecule has 0 spiro atoms. The van der Waals surface area contributed by atoms with Crippen LogP contribution in [0.2, 0.25) is 0 Å². The Morgan fingerprint density at radius 2 is 1.87 bits per heavy atom. The van der Waals surface area contributed by atoms with Crippen molar-refractivity contribution >= 4 is 11.7 Å². The molecular weight excluding hydrogens is 392 g/mol. The van der Waals surface area contributed by atoms with E-state index >= 15 is 0 Å². The SMILES string of the molecule is CCNc1cc(COc2ccccc2CC(=O)O)cc(-c2cccc([C@H](N)CO)c2)c1. The summed E-state index contributed by atoms with van der Waals surface area (Å²) in [6.45, 7) is 3.00. The van der Waals surface area contributed by atoms with E-state index in [0.717, 1.165) is 34.5 Å². The molecule has 0 unspecified atom stereocenters. The number of carboxylic acid groups (broad SMARTS) is 1. The first kappa shape index (κ1) is 22.3. The highest BCUT2D eigenvalue weighted by Gasteiger charge is 2.10. The van der Waals surface area contributed by atoms with Crippen molar-refractivity contribution in [3.8, 4) is 16.9 Å². The van der Waals surface area contributed by atoms with Gasteiger partial charge in [0.1, 0.15) is 12.4 Å². The van der Waals surface area contributed by atoms with Gasteiger partial charge in [0.15, 0.2) is 0 Å². The van der Waals surface area contributed by atoms with E-state index in [1.54, 1.807) is 18.2 Å². The molecule has 0 aliphatic carbocycles. The molecule has 6 heteroatoms. The monoisotopic (exact) mass is 420 g/mol. The highest BCUT2D eigenvalue weighted by molar-refractivity contribution is 5.71. The van der Waals surface area contributed by atoms with Gasteiger partial charge in [-0.15, -0.1) is 0 Å². The summed E-state index contributed by atoms with van der Waals surface area (Å²) in [5.74, 6) is -0.329. The van der Waals surface area contributed by atoms with Crippen LogP contribution in [0.3, 0.4) is 0 Å². The molecule has 31 heavy (non-hydrogen) atoms. The largest absolute Gasteiger partial charge is 0.489 e. The van der Waals surface area contributed by atoms with E-state index in [2.05, 4.69) is 11.4 Å². The zero-order valence-electron chi connectivity index (χ0n) is 17.5. The van der Waals surface area contributed by atoms with Crippen molar-refractivity contribution in [2.24, 2.45) is 5.73 Å². The average molecular weight is 421 g/mol. The molecule has 0 saturated carbocycles. The van der Waals surface area contributed by atoms with E-state index in [9.17, 15) is 9.90 Å². The van der Waals surface area contributed by atoms with Gasteiger partial charge in [0, 0.05) is 17.8 Å². The summed E-state index contributed by atoms with van der Waals surface area (Å²) in [5, 5.41) is 21.8. The predicted molar refractivity (Wildman–Crippen MR) is 122 cm³/mol. The highest BCUT2D eigenvalue weighted by Crippen LogP contribution is 2.28. The fourth-order valence-corrected chi connectivity index (χ4v) is 3.42. The van der Waals surface area contributed by atoms with Crippen LogP contribution in [0.5, 0.6) is 5.75 Å². The number of para-hydroxylation sites is 1. The Bertz CT molecular complexity index is 1040. The van der Waals surface area contributed by atoms with Crippen LogP contribution in [0.4, 0.5) is 5.69 Å². The molecule has 0 fully saturated rings. The van der Waals surface area contributed by atoms with Crippen molar-refractivity contribution in [3.05, 3.63) is 83.4 Å². The minimum Gasteiger partial charge on any atom is -0.489 e. The lowest BCUT2D eigenvalue weighted by molar-refractivity contribution is -0.136. The maximum Gasteiger partial charge on any atom is 0.307 e. The van der Waals surface area contributed by atoms with Crippen molar-refractivity contribution in [2.75, 3.05) is 18.5 Å². The third kappa shape index (κ3) is 6.07. The number of ether oxygens (including phenoxy) is 1. The molecule has 0 bridgehead atoms. The fraction of sp³-hybridized carbons (Fsp3) is 0.240. The number of aliphatic hydroxyl groups excluding tert-OH is 1. The van der Waals surface area contributed by atoms with E-state index in [0.29, 0.717) is 17.9 Å². The number of anilines is 1. The molecule has 0 aliphatic heterocycles. The third-order valence-corrected chi connectivity index (χ3v) is 4.93. The standard InChI is InChI=1S/C25H28N2O4/c1-2-27-22-11-17(16-31-24-9-4-3-6-20(24)14-25(29)30)10-21(13-22)18-7-5-8-19(12-18)23(26)15-28/h3-13,23,27-28H,2,14-16,26H2,1H3,(H,29,30)/t23-/m1/s1. The first-order valence-corrected chi connectivity index (χ1v) is 10.3. The Hall–Kier alpha value is -3.35. The quantitative estimate of drug-likeness (QED) is 0.395. The molecule has 3 aromatic carbocycles. The number of rotatable bonds is 10. The number of aliphatic carboxylic acids is 1. The molecule has 0 amide bonds. The van der Waals surface area contributed by atoms with Gasteiger partial charge >= 0.3 is 5.97 Å². The smallest absolute Gasteiger partial charge is 0.307 e. The lowest BCUT2D eigenvalue weighted by Gasteiger charge is -2.15. The van der Waals surface area contributed by atoms with Gasteiger partial charge < -0.3 is 26.0 Å². The van der Waals surface area contributed by atoms with Crippen molar-refractivity contribution in [1.82, 2.24) is 0 Å². The van der Waals surface area contributed by atoms with Crippen LogP contribution in [0.1, 0.15) is 29.7 Å². The number of carboxylic acids is 1. The van der Waals surface area contributed by atoms with Crippen molar-refractivity contribution in [2.45, 2.75) is 26.0 Å². The van der Waals surface area contributed by atoms with E-state index < -0.39 is 12.0 Å². The second kappa shape index (κ2) is 10.6. The average Bonchev–Trinajstić information content (AvgIpc) is 2.78. The first-order chi connectivity index (χ1) is 15.0. The topological polar surface area (TPSA) is 105 Å². The second-order valence-corrected chi connectivity index (χ2v) is 7.33. The Balaban J connectivity index is 1.89. The van der Waals surface area contributed by atoms with Gasteiger partial charge in [0.05, 0.1) is 19.1 Å². The van der Waals surface area contributed by atoms with Crippen LogP contribution in [-0.2, 0) is 17.8 Å². The summed E-state index contributed by atoms with van der Waals surface area (Å²) in [5.41, 5.74) is 11.4. The predicted octanol–water partition coefficient (Wildman–Crippen LogP) is 3.98. The summed E-state index contributed by atoms with van der Waals surface area (Å²) in [6, 6.07) is 20.7. The summed E-state index contributed by atoms with van der Waals surface area (Å²) in [4.78, 5) is 11.1. The van der Waals surface area contributed by atoms with Crippen LogP contribution in [-0.4, -0.2) is 29.3 Å². The molecule has 6 nitrogen and oxygen atoms in total. The van der Waals surface area contributed by atoms with Gasteiger partial charge in [-0.05, 0) is 59.5 Å². The fourth-order valence-electron chi connectivity index (χ4n) is 3.42. The van der Waals surface area contributed by atoms with Crippen LogP contribution >= 0.6 is 0 Å². The number of benzene rings is 3. The molecule has 0 radical (unpaired) electrons. The minimum absolute atomic E-state index is 0.0865. The molecule has 0 aromatic heterocycles. The number of hydrogen-bond donors (Lipinski definition) is 4. The molecule has 5 N–H and O–H groups in total. The van der Waals surface area contributed by atoms with Gasteiger partial charge in [-0.1, -0.05) is 36.4 Å². The lowest BCUT2D eigenvalue weighted by Crippen LogP contribution is -2.14. The number of aliphatic hydroxyl groups is 1. The number of nitrogens with one attached hydrogen (secondary N) is 1. The van der Waals surface area contributed by atoms with E-state index in [1.165, 1.54) is 0 Å². The van der Waals surface area contributed by atoms with Gasteiger partial charge in [-0.3, -0.25) is 4.79 Å². The van der Waals surface area contributed by atoms with Gasteiger partial charge in [0.25, 0.3) is 0 Å². The number of hydrogen-bond acceptors (Lipinski definition) is 5. The maximum absolute atomic E-state index is 11.1. The van der Waals surface area contributed by atoms with Crippen molar-refractivity contribution < 1.29 is 19.7 Å². The molecule has 0 heterocycles. The Kier molecular flexibility index (Phi) is 7.65. The molecule has 162 valence electrons. The van der Waals surface area contributed by atoms with E-state index in [4.69, 9.17) is 15.6 Å². The zero-order chi connectivity index (χ0) is 22.2. The van der Waals surface area contributed by atoms with Crippen molar-refractivity contribution in [1.29, 1.82) is 0 Å².